The first kappa shape index (κ1) is 20.5. The fraction of sp³-hybridized carbons (Fsp3) is 0.722. The lowest BCUT2D eigenvalue weighted by molar-refractivity contribution is 0.159. The Morgan fingerprint density at radius 3 is 2.96 bits per heavy atom. The topological polar surface area (TPSA) is 59.9 Å². The standard InChI is InChI=1S/C18H31ClN4OS/c1-3-20-18(22-13-15(24)16-8-9-17(19)25-16)21-10-6-12-23-11-5-4-7-14(23)2/h8-9,14-15,24H,3-7,10-13H2,1-2H3,(H2,20,21,22). The van der Waals surface area contributed by atoms with Gasteiger partial charge in [0.15, 0.2) is 5.96 Å². The molecular weight excluding hydrogens is 356 g/mol. The van der Waals surface area contributed by atoms with Crippen LogP contribution in [0.3, 0.4) is 0 Å². The van der Waals surface area contributed by atoms with Crippen LogP contribution in [0, 0.1) is 0 Å². The van der Waals surface area contributed by atoms with Gasteiger partial charge in [-0.3, -0.25) is 4.99 Å². The second-order valence-corrected chi connectivity index (χ2v) is 8.29. The van der Waals surface area contributed by atoms with Crippen molar-refractivity contribution in [2.45, 2.75) is 51.7 Å². The number of hydrogen-bond acceptors (Lipinski definition) is 4. The van der Waals surface area contributed by atoms with Crippen LogP contribution in [0.15, 0.2) is 17.1 Å². The number of piperidine rings is 1. The molecule has 3 N–H and O–H groups in total. The quantitative estimate of drug-likeness (QED) is 0.364. The molecular formula is C18H31ClN4OS. The second kappa shape index (κ2) is 11.0. The molecule has 2 unspecified atom stereocenters. The number of likely N-dealkylation sites (tertiary alicyclic amines) is 1. The highest BCUT2D eigenvalue weighted by molar-refractivity contribution is 7.16. The Morgan fingerprint density at radius 2 is 2.28 bits per heavy atom. The Balaban J connectivity index is 1.73. The lowest BCUT2D eigenvalue weighted by atomic mass is 10.0. The van der Waals surface area contributed by atoms with Crippen molar-refractivity contribution >= 4 is 28.9 Å². The molecule has 0 radical (unpaired) electrons. The van der Waals surface area contributed by atoms with E-state index in [-0.39, 0.29) is 0 Å². The maximum Gasteiger partial charge on any atom is 0.191 e. The highest BCUT2D eigenvalue weighted by Crippen LogP contribution is 2.26. The van der Waals surface area contributed by atoms with Crippen LogP contribution < -0.4 is 10.6 Å². The smallest absolute Gasteiger partial charge is 0.191 e. The van der Waals surface area contributed by atoms with E-state index >= 15 is 0 Å². The molecule has 1 saturated heterocycles. The van der Waals surface area contributed by atoms with Gasteiger partial charge in [-0.2, -0.15) is 0 Å². The Bertz CT molecular complexity index is 537. The average Bonchev–Trinajstić information content (AvgIpc) is 3.04. The van der Waals surface area contributed by atoms with E-state index < -0.39 is 6.10 Å². The van der Waals surface area contributed by atoms with Crippen LogP contribution in [-0.2, 0) is 0 Å². The third-order valence-corrected chi connectivity index (χ3v) is 5.88. The summed E-state index contributed by atoms with van der Waals surface area (Å²) in [6.07, 6.45) is 4.50. The van der Waals surface area contributed by atoms with E-state index in [1.165, 1.54) is 37.1 Å². The van der Waals surface area contributed by atoms with Gasteiger partial charge in [0.25, 0.3) is 0 Å². The van der Waals surface area contributed by atoms with Crippen LogP contribution in [-0.4, -0.2) is 54.7 Å². The number of aliphatic hydroxyl groups excluding tert-OH is 1. The Morgan fingerprint density at radius 1 is 1.44 bits per heavy atom. The molecule has 0 bridgehead atoms. The number of thiophene rings is 1. The predicted octanol–water partition coefficient (Wildman–Crippen LogP) is 3.25. The van der Waals surface area contributed by atoms with Crippen LogP contribution in [0.2, 0.25) is 4.34 Å². The largest absolute Gasteiger partial charge is 0.386 e. The molecule has 0 saturated carbocycles. The molecule has 1 aromatic heterocycles. The zero-order valence-electron chi connectivity index (χ0n) is 15.3. The van der Waals surface area contributed by atoms with Crippen LogP contribution in [0.1, 0.15) is 50.5 Å². The minimum Gasteiger partial charge on any atom is -0.386 e. The van der Waals surface area contributed by atoms with E-state index in [1.54, 1.807) is 6.07 Å². The van der Waals surface area contributed by atoms with Gasteiger partial charge < -0.3 is 20.6 Å². The van der Waals surface area contributed by atoms with E-state index in [1.807, 2.05) is 13.0 Å². The molecule has 1 aromatic rings. The lowest BCUT2D eigenvalue weighted by Gasteiger charge is -2.33. The second-order valence-electron chi connectivity index (χ2n) is 6.54. The highest BCUT2D eigenvalue weighted by atomic mass is 35.5. The minimum atomic E-state index is -0.609. The number of halogens is 1. The molecule has 2 atom stereocenters. The lowest BCUT2D eigenvalue weighted by Crippen LogP contribution is -2.41. The fourth-order valence-corrected chi connectivity index (χ4v) is 4.13. The molecule has 0 aromatic carbocycles. The third-order valence-electron chi connectivity index (χ3n) is 4.54. The first-order chi connectivity index (χ1) is 12.1. The average molecular weight is 387 g/mol. The van der Waals surface area contributed by atoms with E-state index in [0.717, 1.165) is 36.9 Å². The zero-order chi connectivity index (χ0) is 18.1. The number of aliphatic imine (C=N–C) groups is 1. The van der Waals surface area contributed by atoms with Gasteiger partial charge in [0.1, 0.15) is 6.10 Å². The van der Waals surface area contributed by atoms with Crippen LogP contribution in [0.5, 0.6) is 0 Å². The molecule has 0 amide bonds. The highest BCUT2D eigenvalue weighted by Gasteiger charge is 2.17. The van der Waals surface area contributed by atoms with Crippen molar-refractivity contribution in [2.24, 2.45) is 4.99 Å². The van der Waals surface area contributed by atoms with Gasteiger partial charge in [-0.05, 0) is 51.8 Å². The van der Waals surface area contributed by atoms with E-state index in [2.05, 4.69) is 27.4 Å². The number of aliphatic hydroxyl groups is 1. The van der Waals surface area contributed by atoms with Crippen molar-refractivity contribution in [3.8, 4) is 0 Å². The summed E-state index contributed by atoms with van der Waals surface area (Å²) in [5, 5.41) is 16.8. The van der Waals surface area contributed by atoms with Crippen molar-refractivity contribution in [1.82, 2.24) is 15.5 Å². The monoisotopic (exact) mass is 386 g/mol. The van der Waals surface area contributed by atoms with Crippen LogP contribution in [0.25, 0.3) is 0 Å². The van der Waals surface area contributed by atoms with Crippen molar-refractivity contribution in [3.05, 3.63) is 21.3 Å². The van der Waals surface area contributed by atoms with Gasteiger partial charge in [0, 0.05) is 30.6 Å². The van der Waals surface area contributed by atoms with Gasteiger partial charge in [0.2, 0.25) is 0 Å². The van der Waals surface area contributed by atoms with Gasteiger partial charge in [-0.1, -0.05) is 18.0 Å². The molecule has 2 rings (SSSR count). The summed E-state index contributed by atoms with van der Waals surface area (Å²) in [5.41, 5.74) is 0. The maximum atomic E-state index is 10.2. The first-order valence-corrected chi connectivity index (χ1v) is 10.5. The molecule has 0 spiro atoms. The summed E-state index contributed by atoms with van der Waals surface area (Å²) < 4.78 is 0.690. The van der Waals surface area contributed by atoms with E-state index in [4.69, 9.17) is 11.6 Å². The summed E-state index contributed by atoms with van der Waals surface area (Å²) in [4.78, 5) is 7.93. The molecule has 25 heavy (non-hydrogen) atoms. The molecule has 7 heteroatoms. The van der Waals surface area contributed by atoms with Crippen LogP contribution >= 0.6 is 22.9 Å². The Hall–Kier alpha value is -0.820. The van der Waals surface area contributed by atoms with Gasteiger partial charge in [-0.25, -0.2) is 0 Å². The van der Waals surface area contributed by atoms with E-state index in [0.29, 0.717) is 16.9 Å². The number of guanidine groups is 1. The van der Waals surface area contributed by atoms with Gasteiger partial charge >= 0.3 is 0 Å². The summed E-state index contributed by atoms with van der Waals surface area (Å²) in [6, 6.07) is 4.37. The number of hydrogen-bond donors (Lipinski definition) is 3. The number of rotatable bonds is 8. The van der Waals surface area contributed by atoms with E-state index in [9.17, 15) is 5.11 Å². The summed E-state index contributed by atoms with van der Waals surface area (Å²) >= 11 is 7.32. The van der Waals surface area contributed by atoms with Crippen molar-refractivity contribution in [1.29, 1.82) is 0 Å². The van der Waals surface area contributed by atoms with Gasteiger partial charge in [0.05, 0.1) is 10.9 Å². The molecule has 1 aliphatic rings. The van der Waals surface area contributed by atoms with Gasteiger partial charge in [-0.15, -0.1) is 11.3 Å². The minimum absolute atomic E-state index is 0.329. The Kier molecular flexibility index (Phi) is 9.03. The summed E-state index contributed by atoms with van der Waals surface area (Å²) in [5.74, 6) is 0.760. The molecule has 5 nitrogen and oxygen atoms in total. The molecule has 2 heterocycles. The molecule has 1 aliphatic heterocycles. The normalized spacial score (nSPS) is 20.5. The third kappa shape index (κ3) is 7.13. The zero-order valence-corrected chi connectivity index (χ0v) is 16.9. The first-order valence-electron chi connectivity index (χ1n) is 9.29. The Labute approximate surface area is 160 Å². The SMILES string of the molecule is CCNC(=NCC(O)c1ccc(Cl)s1)NCCCN1CCCCC1C. The summed E-state index contributed by atoms with van der Waals surface area (Å²) in [7, 11) is 0. The van der Waals surface area contributed by atoms with Crippen molar-refractivity contribution in [2.75, 3.05) is 32.7 Å². The fourth-order valence-electron chi connectivity index (χ4n) is 3.10. The number of nitrogens with one attached hydrogen (secondary N) is 2. The summed E-state index contributed by atoms with van der Waals surface area (Å²) in [6.45, 7) is 8.74. The van der Waals surface area contributed by atoms with Crippen molar-refractivity contribution < 1.29 is 5.11 Å². The molecule has 0 aliphatic carbocycles. The maximum absolute atomic E-state index is 10.2. The number of nitrogens with zero attached hydrogens (tertiary/aromatic N) is 2. The predicted molar refractivity (Wildman–Crippen MR) is 108 cm³/mol. The van der Waals surface area contributed by atoms with Crippen molar-refractivity contribution in [3.63, 3.8) is 0 Å². The van der Waals surface area contributed by atoms with Crippen LogP contribution in [0.4, 0.5) is 0 Å². The molecule has 142 valence electrons. The molecule has 1 fully saturated rings.